The molecule has 1 heterocycles. The van der Waals surface area contributed by atoms with Gasteiger partial charge in [0.25, 0.3) is 0 Å². The van der Waals surface area contributed by atoms with E-state index < -0.39 is 0 Å². The normalized spacial score (nSPS) is 10.8. The quantitative estimate of drug-likeness (QED) is 0.797. The highest BCUT2D eigenvalue weighted by Gasteiger charge is 2.04. The summed E-state index contributed by atoms with van der Waals surface area (Å²) < 4.78 is 5.40. The standard InChI is InChI=1S/C17H17N3O/c1-12-19-20-17(21-12)10-13-5-7-15(8-6-13)16-4-2-3-14(9-16)11-18/h2-9H,10-11,18H2,1H3. The molecule has 1 aromatic heterocycles. The molecule has 0 bridgehead atoms. The predicted molar refractivity (Wildman–Crippen MR) is 81.6 cm³/mol. The first-order valence-corrected chi connectivity index (χ1v) is 6.92. The van der Waals surface area contributed by atoms with Crippen LogP contribution in [0, 0.1) is 6.92 Å². The van der Waals surface area contributed by atoms with Crippen molar-refractivity contribution in [3.8, 4) is 11.1 Å². The lowest BCUT2D eigenvalue weighted by Crippen LogP contribution is -1.95. The van der Waals surface area contributed by atoms with Gasteiger partial charge in [0.15, 0.2) is 0 Å². The summed E-state index contributed by atoms with van der Waals surface area (Å²) in [5, 5.41) is 7.85. The van der Waals surface area contributed by atoms with Crippen LogP contribution in [-0.2, 0) is 13.0 Å². The van der Waals surface area contributed by atoms with Crippen molar-refractivity contribution >= 4 is 0 Å². The summed E-state index contributed by atoms with van der Waals surface area (Å²) >= 11 is 0. The van der Waals surface area contributed by atoms with Crippen LogP contribution in [0.5, 0.6) is 0 Å². The number of hydrogen-bond donors (Lipinski definition) is 1. The summed E-state index contributed by atoms with van der Waals surface area (Å²) in [4.78, 5) is 0. The minimum absolute atomic E-state index is 0.558. The SMILES string of the molecule is Cc1nnc(Cc2ccc(-c3cccc(CN)c3)cc2)o1. The van der Waals surface area contributed by atoms with E-state index in [0.29, 0.717) is 24.7 Å². The Kier molecular flexibility index (Phi) is 3.79. The van der Waals surface area contributed by atoms with Crippen molar-refractivity contribution in [2.75, 3.05) is 0 Å². The van der Waals surface area contributed by atoms with E-state index >= 15 is 0 Å². The molecule has 106 valence electrons. The maximum atomic E-state index is 5.69. The van der Waals surface area contributed by atoms with Crippen molar-refractivity contribution in [1.82, 2.24) is 10.2 Å². The Morgan fingerprint density at radius 2 is 1.76 bits per heavy atom. The fourth-order valence-electron chi connectivity index (χ4n) is 2.28. The number of aromatic nitrogens is 2. The number of aryl methyl sites for hydroxylation is 1. The molecule has 0 aliphatic heterocycles. The Morgan fingerprint density at radius 3 is 2.43 bits per heavy atom. The van der Waals surface area contributed by atoms with E-state index in [2.05, 4.69) is 46.6 Å². The first-order chi connectivity index (χ1) is 10.2. The van der Waals surface area contributed by atoms with Crippen molar-refractivity contribution in [3.05, 3.63) is 71.4 Å². The Balaban J connectivity index is 1.80. The topological polar surface area (TPSA) is 64.9 Å². The highest BCUT2D eigenvalue weighted by molar-refractivity contribution is 5.64. The Morgan fingerprint density at radius 1 is 0.952 bits per heavy atom. The minimum atomic E-state index is 0.558. The molecule has 4 nitrogen and oxygen atoms in total. The molecule has 2 aromatic carbocycles. The second-order valence-corrected chi connectivity index (χ2v) is 4.99. The molecule has 0 saturated heterocycles. The average Bonchev–Trinajstić information content (AvgIpc) is 2.93. The van der Waals surface area contributed by atoms with Crippen LogP contribution >= 0.6 is 0 Å². The fourth-order valence-corrected chi connectivity index (χ4v) is 2.28. The van der Waals surface area contributed by atoms with Gasteiger partial charge in [0, 0.05) is 13.5 Å². The third-order valence-electron chi connectivity index (χ3n) is 3.37. The molecule has 0 fully saturated rings. The molecule has 0 spiro atoms. The molecule has 0 radical (unpaired) electrons. The summed E-state index contributed by atoms with van der Waals surface area (Å²) in [6.07, 6.45) is 0.657. The molecule has 0 atom stereocenters. The summed E-state index contributed by atoms with van der Waals surface area (Å²) in [7, 11) is 0. The van der Waals surface area contributed by atoms with Gasteiger partial charge in [-0.2, -0.15) is 0 Å². The Bertz CT molecular complexity index is 732. The van der Waals surface area contributed by atoms with Crippen molar-refractivity contribution in [3.63, 3.8) is 0 Å². The van der Waals surface area contributed by atoms with Crippen LogP contribution < -0.4 is 5.73 Å². The molecule has 0 amide bonds. The molecule has 3 aromatic rings. The number of nitrogens with zero attached hydrogens (tertiary/aromatic N) is 2. The molecule has 0 unspecified atom stereocenters. The van der Waals surface area contributed by atoms with Gasteiger partial charge in [0.1, 0.15) is 0 Å². The van der Waals surface area contributed by atoms with Gasteiger partial charge in [-0.3, -0.25) is 0 Å². The van der Waals surface area contributed by atoms with Gasteiger partial charge in [-0.25, -0.2) is 0 Å². The van der Waals surface area contributed by atoms with E-state index in [-0.39, 0.29) is 0 Å². The van der Waals surface area contributed by atoms with Gasteiger partial charge in [0.2, 0.25) is 11.8 Å². The zero-order valence-electron chi connectivity index (χ0n) is 11.9. The third kappa shape index (κ3) is 3.17. The number of benzene rings is 2. The highest BCUT2D eigenvalue weighted by Crippen LogP contribution is 2.21. The molecule has 0 aliphatic rings. The number of hydrogen-bond acceptors (Lipinski definition) is 4. The lowest BCUT2D eigenvalue weighted by Gasteiger charge is -2.05. The van der Waals surface area contributed by atoms with Crippen LogP contribution in [0.4, 0.5) is 0 Å². The molecule has 4 heteroatoms. The first kappa shape index (κ1) is 13.5. The van der Waals surface area contributed by atoms with Gasteiger partial charge < -0.3 is 10.2 Å². The molecule has 2 N–H and O–H groups in total. The monoisotopic (exact) mass is 279 g/mol. The van der Waals surface area contributed by atoms with Crippen LogP contribution in [-0.4, -0.2) is 10.2 Å². The van der Waals surface area contributed by atoms with E-state index in [1.165, 1.54) is 11.1 Å². The van der Waals surface area contributed by atoms with Gasteiger partial charge in [0.05, 0.1) is 6.42 Å². The zero-order valence-corrected chi connectivity index (χ0v) is 11.9. The number of rotatable bonds is 4. The van der Waals surface area contributed by atoms with E-state index in [1.54, 1.807) is 6.92 Å². The predicted octanol–water partition coefficient (Wildman–Crippen LogP) is 3.09. The molecular weight excluding hydrogens is 262 g/mol. The second kappa shape index (κ2) is 5.89. The lowest BCUT2D eigenvalue weighted by molar-refractivity contribution is 0.477. The van der Waals surface area contributed by atoms with Crippen molar-refractivity contribution in [2.45, 2.75) is 19.9 Å². The van der Waals surface area contributed by atoms with E-state index in [9.17, 15) is 0 Å². The Labute approximate surface area is 123 Å². The van der Waals surface area contributed by atoms with E-state index in [0.717, 1.165) is 11.1 Å². The van der Waals surface area contributed by atoms with Gasteiger partial charge in [-0.15, -0.1) is 10.2 Å². The van der Waals surface area contributed by atoms with Crippen LogP contribution in [0.3, 0.4) is 0 Å². The maximum absolute atomic E-state index is 5.69. The summed E-state index contributed by atoms with van der Waals surface area (Å²) in [6, 6.07) is 16.7. The van der Waals surface area contributed by atoms with Crippen LogP contribution in [0.25, 0.3) is 11.1 Å². The van der Waals surface area contributed by atoms with Gasteiger partial charge >= 0.3 is 0 Å². The van der Waals surface area contributed by atoms with E-state index in [1.807, 2.05) is 12.1 Å². The van der Waals surface area contributed by atoms with Gasteiger partial charge in [-0.1, -0.05) is 42.5 Å². The van der Waals surface area contributed by atoms with E-state index in [4.69, 9.17) is 10.2 Å². The maximum Gasteiger partial charge on any atom is 0.220 e. The fraction of sp³-hybridized carbons (Fsp3) is 0.176. The Hall–Kier alpha value is -2.46. The summed E-state index contributed by atoms with van der Waals surface area (Å²) in [5.41, 5.74) is 10.3. The van der Waals surface area contributed by atoms with Crippen LogP contribution in [0.1, 0.15) is 22.9 Å². The smallest absolute Gasteiger partial charge is 0.220 e. The van der Waals surface area contributed by atoms with Crippen LogP contribution in [0.15, 0.2) is 52.9 Å². The van der Waals surface area contributed by atoms with Crippen molar-refractivity contribution in [1.29, 1.82) is 0 Å². The summed E-state index contributed by atoms with van der Waals surface area (Å²) in [6.45, 7) is 2.35. The average molecular weight is 279 g/mol. The first-order valence-electron chi connectivity index (χ1n) is 6.92. The third-order valence-corrected chi connectivity index (χ3v) is 3.37. The van der Waals surface area contributed by atoms with Gasteiger partial charge in [-0.05, 0) is 28.3 Å². The van der Waals surface area contributed by atoms with Crippen molar-refractivity contribution in [2.24, 2.45) is 5.73 Å². The molecule has 0 saturated carbocycles. The summed E-state index contributed by atoms with van der Waals surface area (Å²) in [5.74, 6) is 1.24. The second-order valence-electron chi connectivity index (χ2n) is 4.99. The molecule has 3 rings (SSSR count). The largest absolute Gasteiger partial charge is 0.425 e. The molecule has 0 aliphatic carbocycles. The van der Waals surface area contributed by atoms with Crippen molar-refractivity contribution < 1.29 is 4.42 Å². The van der Waals surface area contributed by atoms with Crippen LogP contribution in [0.2, 0.25) is 0 Å². The zero-order chi connectivity index (χ0) is 14.7. The highest BCUT2D eigenvalue weighted by atomic mass is 16.4. The molecule has 21 heavy (non-hydrogen) atoms. The lowest BCUT2D eigenvalue weighted by atomic mass is 10.0. The number of nitrogens with two attached hydrogens (primary N) is 1. The minimum Gasteiger partial charge on any atom is -0.425 e. The molecular formula is C17H17N3O.